The summed E-state index contributed by atoms with van der Waals surface area (Å²) in [4.78, 5) is 39.3. The summed E-state index contributed by atoms with van der Waals surface area (Å²) in [6.45, 7) is 0.360. The fourth-order valence-corrected chi connectivity index (χ4v) is 5.14. The van der Waals surface area contributed by atoms with Crippen LogP contribution < -0.4 is 5.32 Å². The highest BCUT2D eigenvalue weighted by Crippen LogP contribution is 2.34. The molecule has 8 heteroatoms. The fraction of sp³-hybridized carbons (Fsp3) is 0.0741. The quantitative estimate of drug-likeness (QED) is 0.221. The van der Waals surface area contributed by atoms with E-state index in [0.29, 0.717) is 17.1 Å². The molecule has 0 aliphatic carbocycles. The van der Waals surface area contributed by atoms with Gasteiger partial charge >= 0.3 is 0 Å². The third-order valence-corrected chi connectivity index (χ3v) is 7.23. The molecule has 0 atom stereocenters. The molecule has 174 valence electrons. The molecular weight excluding hydrogens is 573 g/mol. The summed E-state index contributed by atoms with van der Waals surface area (Å²) in [5.41, 5.74) is 3.67. The third-order valence-electron chi connectivity index (χ3n) is 5.61. The minimum atomic E-state index is -0.461. The molecule has 1 aromatic heterocycles. The summed E-state index contributed by atoms with van der Waals surface area (Å²) in [6.07, 6.45) is 3.74. The molecule has 3 amide bonds. The zero-order valence-corrected chi connectivity index (χ0v) is 21.5. The van der Waals surface area contributed by atoms with E-state index in [1.165, 1.54) is 5.56 Å². The number of hydrogen-bond donors (Lipinski definition) is 1. The van der Waals surface area contributed by atoms with Gasteiger partial charge in [-0.2, -0.15) is 0 Å². The van der Waals surface area contributed by atoms with Crippen molar-refractivity contribution in [2.45, 2.75) is 6.54 Å². The first-order valence-electron chi connectivity index (χ1n) is 10.9. The Kier molecular flexibility index (Phi) is 6.74. The number of fused-ring (bicyclic) bond motifs is 1. The molecule has 6 nitrogen and oxygen atoms in total. The third kappa shape index (κ3) is 5.18. The highest BCUT2D eigenvalue weighted by Gasteiger charge is 2.36. The molecule has 2 heterocycles. The molecule has 1 aliphatic heterocycles. The van der Waals surface area contributed by atoms with Crippen molar-refractivity contribution in [3.05, 3.63) is 105 Å². The summed E-state index contributed by atoms with van der Waals surface area (Å²) < 4.78 is 3.18. The number of benzene rings is 3. The van der Waals surface area contributed by atoms with Gasteiger partial charge in [-0.3, -0.25) is 19.3 Å². The molecule has 0 saturated carbocycles. The van der Waals surface area contributed by atoms with Gasteiger partial charge in [0.15, 0.2) is 0 Å². The lowest BCUT2D eigenvalue weighted by molar-refractivity contribution is -0.127. The van der Waals surface area contributed by atoms with Gasteiger partial charge in [0, 0.05) is 38.5 Å². The van der Waals surface area contributed by atoms with Crippen molar-refractivity contribution >= 4 is 74.1 Å². The van der Waals surface area contributed by atoms with Gasteiger partial charge in [-0.05, 0) is 76.3 Å². The average Bonchev–Trinajstić information content (AvgIpc) is 3.33. The fourth-order valence-electron chi connectivity index (χ4n) is 3.96. The van der Waals surface area contributed by atoms with Crippen molar-refractivity contribution in [1.29, 1.82) is 0 Å². The number of imide groups is 1. The lowest BCUT2D eigenvalue weighted by Gasteiger charge is -2.12. The van der Waals surface area contributed by atoms with Gasteiger partial charge in [-0.15, -0.1) is 0 Å². The lowest BCUT2D eigenvalue weighted by Crippen LogP contribution is -2.36. The normalized spacial score (nSPS) is 14.8. The van der Waals surface area contributed by atoms with Gasteiger partial charge < -0.3 is 9.88 Å². The van der Waals surface area contributed by atoms with Gasteiger partial charge in [0.05, 0.1) is 4.91 Å². The smallest absolute Gasteiger partial charge is 0.294 e. The molecule has 3 aromatic carbocycles. The molecule has 0 radical (unpaired) electrons. The second-order valence-electron chi connectivity index (χ2n) is 8.04. The van der Waals surface area contributed by atoms with E-state index in [1.54, 1.807) is 18.2 Å². The summed E-state index contributed by atoms with van der Waals surface area (Å²) in [5.74, 6) is -0.883. The predicted octanol–water partition coefficient (Wildman–Crippen LogP) is 5.97. The Labute approximate surface area is 220 Å². The zero-order valence-electron chi connectivity index (χ0n) is 18.5. The average molecular weight is 593 g/mol. The van der Waals surface area contributed by atoms with E-state index in [4.69, 9.17) is 0 Å². The molecule has 0 spiro atoms. The van der Waals surface area contributed by atoms with E-state index in [1.807, 2.05) is 60.8 Å². The van der Waals surface area contributed by atoms with Crippen LogP contribution in [0.1, 0.15) is 11.1 Å². The van der Waals surface area contributed by atoms with E-state index in [0.717, 1.165) is 36.7 Å². The zero-order chi connectivity index (χ0) is 24.4. The van der Waals surface area contributed by atoms with Crippen molar-refractivity contribution in [2.24, 2.45) is 0 Å². The van der Waals surface area contributed by atoms with Crippen LogP contribution in [0, 0.1) is 3.57 Å². The van der Waals surface area contributed by atoms with E-state index >= 15 is 0 Å². The van der Waals surface area contributed by atoms with Gasteiger partial charge in [-0.1, -0.05) is 48.5 Å². The monoisotopic (exact) mass is 593 g/mol. The molecule has 0 unspecified atom stereocenters. The molecule has 1 aliphatic rings. The van der Waals surface area contributed by atoms with E-state index < -0.39 is 17.1 Å². The predicted molar refractivity (Wildman–Crippen MR) is 148 cm³/mol. The molecule has 1 saturated heterocycles. The van der Waals surface area contributed by atoms with Crippen molar-refractivity contribution in [3.8, 4) is 0 Å². The molecular formula is C27H20IN3O3S. The number of thioether (sulfide) groups is 1. The molecule has 5 rings (SSSR count). The summed E-state index contributed by atoms with van der Waals surface area (Å²) >= 11 is 3.03. The van der Waals surface area contributed by atoms with Crippen molar-refractivity contribution in [2.75, 3.05) is 11.9 Å². The van der Waals surface area contributed by atoms with Crippen LogP contribution in [0.2, 0.25) is 0 Å². The standard InChI is InChI=1S/C27H20IN3O3S/c28-20-10-12-21(13-11-20)29-25(32)17-31-26(33)24(35-27(31)34)14-19-16-30(15-18-6-2-1-3-7-18)23-9-5-4-8-22(19)23/h1-14,16H,15,17H2,(H,29,32)/b24-14-. The SMILES string of the molecule is O=C(CN1C(=O)S/C(=C\c2cn(Cc3ccccc3)c3ccccc23)C1=O)Nc1ccc(I)cc1. The number of para-hydroxylation sites is 1. The van der Waals surface area contributed by atoms with E-state index in [2.05, 4.69) is 44.6 Å². The Balaban J connectivity index is 1.36. The Morgan fingerprint density at radius 3 is 2.43 bits per heavy atom. The Bertz CT molecular complexity index is 1460. The summed E-state index contributed by atoms with van der Waals surface area (Å²) in [7, 11) is 0. The van der Waals surface area contributed by atoms with Gasteiger partial charge in [0.1, 0.15) is 6.54 Å². The summed E-state index contributed by atoms with van der Waals surface area (Å²) in [6, 6.07) is 25.4. The lowest BCUT2D eigenvalue weighted by atomic mass is 10.1. The molecule has 35 heavy (non-hydrogen) atoms. The van der Waals surface area contributed by atoms with Crippen LogP contribution in [0.4, 0.5) is 10.5 Å². The van der Waals surface area contributed by atoms with E-state index in [-0.39, 0.29) is 6.54 Å². The van der Waals surface area contributed by atoms with Gasteiger partial charge in [-0.25, -0.2) is 0 Å². The van der Waals surface area contributed by atoms with Crippen LogP contribution >= 0.6 is 34.4 Å². The largest absolute Gasteiger partial charge is 0.342 e. The molecule has 4 aromatic rings. The number of nitrogens with one attached hydrogen (secondary N) is 1. The van der Waals surface area contributed by atoms with Crippen LogP contribution in [0.25, 0.3) is 17.0 Å². The van der Waals surface area contributed by atoms with Crippen LogP contribution in [-0.2, 0) is 16.1 Å². The number of rotatable bonds is 6. The maximum atomic E-state index is 13.0. The van der Waals surface area contributed by atoms with Crippen molar-refractivity contribution < 1.29 is 14.4 Å². The number of carbonyl (C=O) groups excluding carboxylic acids is 3. The van der Waals surface area contributed by atoms with Crippen LogP contribution in [-0.4, -0.2) is 33.1 Å². The van der Waals surface area contributed by atoms with Crippen LogP contribution in [0.15, 0.2) is 90.0 Å². The number of halogens is 1. The minimum Gasteiger partial charge on any atom is -0.342 e. The number of amides is 3. The highest BCUT2D eigenvalue weighted by molar-refractivity contribution is 14.1. The number of carbonyl (C=O) groups is 3. The maximum absolute atomic E-state index is 13.0. The number of anilines is 1. The molecule has 1 fully saturated rings. The molecule has 0 bridgehead atoms. The van der Waals surface area contributed by atoms with Crippen molar-refractivity contribution in [1.82, 2.24) is 9.47 Å². The van der Waals surface area contributed by atoms with Gasteiger partial charge in [0.2, 0.25) is 5.91 Å². The first-order chi connectivity index (χ1) is 17.0. The van der Waals surface area contributed by atoms with Crippen molar-refractivity contribution in [3.63, 3.8) is 0 Å². The first kappa shape index (κ1) is 23.4. The second-order valence-corrected chi connectivity index (χ2v) is 10.3. The number of hydrogen-bond acceptors (Lipinski definition) is 4. The Hall–Kier alpha value is -3.37. The Morgan fingerprint density at radius 1 is 0.943 bits per heavy atom. The minimum absolute atomic E-state index is 0.305. The highest BCUT2D eigenvalue weighted by atomic mass is 127. The maximum Gasteiger partial charge on any atom is 0.294 e. The van der Waals surface area contributed by atoms with E-state index in [9.17, 15) is 14.4 Å². The summed E-state index contributed by atoms with van der Waals surface area (Å²) in [5, 5.41) is 3.27. The van der Waals surface area contributed by atoms with Crippen LogP contribution in [0.3, 0.4) is 0 Å². The van der Waals surface area contributed by atoms with Crippen LogP contribution in [0.5, 0.6) is 0 Å². The Morgan fingerprint density at radius 2 is 1.66 bits per heavy atom. The number of aromatic nitrogens is 1. The van der Waals surface area contributed by atoms with Gasteiger partial charge in [0.25, 0.3) is 11.1 Å². The number of nitrogens with zero attached hydrogens (tertiary/aromatic N) is 2. The topological polar surface area (TPSA) is 71.4 Å². The second kappa shape index (κ2) is 10.1. The first-order valence-corrected chi connectivity index (χ1v) is 12.8. The molecule has 1 N–H and O–H groups in total.